The fourth-order valence-corrected chi connectivity index (χ4v) is 2.55. The molecule has 0 saturated carbocycles. The largest absolute Gasteiger partial charge is 0.237 e. The Morgan fingerprint density at radius 2 is 2.00 bits per heavy atom. The van der Waals surface area contributed by atoms with Crippen LogP contribution in [0, 0.1) is 11.3 Å². The molecule has 0 aliphatic carbocycles. The van der Waals surface area contributed by atoms with Gasteiger partial charge in [-0.2, -0.15) is 5.26 Å². The Labute approximate surface area is 95.3 Å². The Bertz CT molecular complexity index is 503. The van der Waals surface area contributed by atoms with Gasteiger partial charge >= 0.3 is 0 Å². The second kappa shape index (κ2) is 5.07. The van der Waals surface area contributed by atoms with E-state index in [0.29, 0.717) is 11.1 Å². The minimum absolute atomic E-state index is 0.199. The van der Waals surface area contributed by atoms with Crippen LogP contribution in [-0.4, -0.2) is 27.5 Å². The predicted octanol–water partition coefficient (Wildman–Crippen LogP) is 0.454. The molecule has 0 amide bonds. The maximum atomic E-state index is 11.6. The molecule has 1 N–H and O–H groups in total. The average Bonchev–Trinajstić information content (AvgIpc) is 2.15. The average molecular weight is 239 g/mol. The summed E-state index contributed by atoms with van der Waals surface area (Å²) in [5, 5.41) is 10.2. The van der Waals surface area contributed by atoms with Gasteiger partial charge < -0.3 is 0 Å². The maximum absolute atomic E-state index is 11.6. The molecule has 5 nitrogen and oxygen atoms in total. The van der Waals surface area contributed by atoms with E-state index in [2.05, 4.69) is 4.83 Å². The van der Waals surface area contributed by atoms with Crippen molar-refractivity contribution in [3.05, 3.63) is 35.4 Å². The van der Waals surface area contributed by atoms with Gasteiger partial charge in [-0.1, -0.05) is 18.2 Å². The van der Waals surface area contributed by atoms with Crippen molar-refractivity contribution in [2.75, 3.05) is 14.1 Å². The zero-order valence-electron chi connectivity index (χ0n) is 9.14. The second-order valence-corrected chi connectivity index (χ2v) is 5.21. The van der Waals surface area contributed by atoms with Crippen LogP contribution in [0.4, 0.5) is 0 Å². The van der Waals surface area contributed by atoms with E-state index in [4.69, 9.17) is 5.26 Å². The number of nitrogens with zero attached hydrogens (tertiary/aromatic N) is 2. The molecule has 0 spiro atoms. The van der Waals surface area contributed by atoms with E-state index >= 15 is 0 Å². The van der Waals surface area contributed by atoms with Crippen molar-refractivity contribution in [1.29, 1.82) is 5.26 Å². The van der Waals surface area contributed by atoms with E-state index in [1.165, 1.54) is 5.01 Å². The summed E-state index contributed by atoms with van der Waals surface area (Å²) in [6, 6.07) is 8.61. The van der Waals surface area contributed by atoms with E-state index in [0.717, 1.165) is 0 Å². The molecule has 1 aromatic carbocycles. The number of sulfonamides is 1. The Morgan fingerprint density at radius 3 is 2.56 bits per heavy atom. The van der Waals surface area contributed by atoms with Crippen molar-refractivity contribution < 1.29 is 8.42 Å². The normalized spacial score (nSPS) is 11.4. The van der Waals surface area contributed by atoms with Gasteiger partial charge in [0.1, 0.15) is 0 Å². The second-order valence-electron chi connectivity index (χ2n) is 3.51. The van der Waals surface area contributed by atoms with Crippen molar-refractivity contribution in [2.45, 2.75) is 5.75 Å². The predicted molar refractivity (Wildman–Crippen MR) is 60.6 cm³/mol. The number of benzene rings is 1. The summed E-state index contributed by atoms with van der Waals surface area (Å²) < 4.78 is 23.2. The quantitative estimate of drug-likeness (QED) is 0.774. The molecule has 86 valence electrons. The number of hydrazine groups is 1. The lowest BCUT2D eigenvalue weighted by Crippen LogP contribution is -2.37. The summed E-state index contributed by atoms with van der Waals surface area (Å²) in [6.45, 7) is 0. The van der Waals surface area contributed by atoms with Gasteiger partial charge in [-0.3, -0.25) is 0 Å². The van der Waals surface area contributed by atoms with Crippen molar-refractivity contribution in [3.8, 4) is 6.07 Å². The highest BCUT2D eigenvalue weighted by Crippen LogP contribution is 2.10. The van der Waals surface area contributed by atoms with E-state index in [1.807, 2.05) is 6.07 Å². The zero-order valence-corrected chi connectivity index (χ0v) is 9.95. The van der Waals surface area contributed by atoms with Gasteiger partial charge in [-0.05, 0) is 11.6 Å². The van der Waals surface area contributed by atoms with Crippen molar-refractivity contribution in [3.63, 3.8) is 0 Å². The number of hydrogen-bond donors (Lipinski definition) is 1. The zero-order chi connectivity index (χ0) is 12.2. The van der Waals surface area contributed by atoms with Gasteiger partial charge in [0, 0.05) is 14.1 Å². The molecule has 0 bridgehead atoms. The summed E-state index contributed by atoms with van der Waals surface area (Å²) >= 11 is 0. The van der Waals surface area contributed by atoms with Crippen LogP contribution in [-0.2, 0) is 15.8 Å². The first kappa shape index (κ1) is 12.6. The van der Waals surface area contributed by atoms with Crippen LogP contribution in [0.5, 0.6) is 0 Å². The number of nitrogens with one attached hydrogen (secondary N) is 1. The molecule has 0 aliphatic heterocycles. The lowest BCUT2D eigenvalue weighted by molar-refractivity contribution is 0.363. The topological polar surface area (TPSA) is 73.2 Å². The van der Waals surface area contributed by atoms with E-state index in [1.54, 1.807) is 38.4 Å². The first-order valence-electron chi connectivity index (χ1n) is 4.60. The number of rotatable bonds is 4. The molecule has 0 atom stereocenters. The summed E-state index contributed by atoms with van der Waals surface area (Å²) in [7, 11) is -0.260. The fraction of sp³-hybridized carbons (Fsp3) is 0.300. The molecule has 0 radical (unpaired) electrons. The molecule has 0 heterocycles. The van der Waals surface area contributed by atoms with Crippen LogP contribution >= 0.6 is 0 Å². The Morgan fingerprint density at radius 1 is 1.38 bits per heavy atom. The van der Waals surface area contributed by atoms with Gasteiger partial charge in [0.05, 0.1) is 17.4 Å². The lowest BCUT2D eigenvalue weighted by Gasteiger charge is -2.12. The van der Waals surface area contributed by atoms with Crippen LogP contribution in [0.1, 0.15) is 11.1 Å². The molecular formula is C10H13N3O2S. The first-order valence-corrected chi connectivity index (χ1v) is 6.25. The highest BCUT2D eigenvalue weighted by Gasteiger charge is 2.14. The monoisotopic (exact) mass is 239 g/mol. The molecular weight excluding hydrogens is 226 g/mol. The molecule has 0 saturated heterocycles. The molecule has 0 aliphatic rings. The van der Waals surface area contributed by atoms with Crippen LogP contribution in [0.2, 0.25) is 0 Å². The molecule has 6 heteroatoms. The fourth-order valence-electron chi connectivity index (χ4n) is 1.27. The smallest absolute Gasteiger partial charge is 0.228 e. The van der Waals surface area contributed by atoms with Crippen LogP contribution in [0.3, 0.4) is 0 Å². The summed E-state index contributed by atoms with van der Waals surface area (Å²) in [6.07, 6.45) is 0. The van der Waals surface area contributed by atoms with Crippen molar-refractivity contribution in [2.24, 2.45) is 0 Å². The van der Waals surface area contributed by atoms with E-state index in [-0.39, 0.29) is 5.75 Å². The van der Waals surface area contributed by atoms with Crippen molar-refractivity contribution in [1.82, 2.24) is 9.84 Å². The Hall–Kier alpha value is -1.42. The molecule has 0 fully saturated rings. The molecule has 0 unspecified atom stereocenters. The highest BCUT2D eigenvalue weighted by atomic mass is 32.2. The molecule has 1 rings (SSSR count). The molecule has 0 aromatic heterocycles. The molecule has 1 aromatic rings. The van der Waals surface area contributed by atoms with Crippen LogP contribution in [0.25, 0.3) is 0 Å². The number of hydrogen-bond acceptors (Lipinski definition) is 4. The minimum Gasteiger partial charge on any atom is -0.237 e. The van der Waals surface area contributed by atoms with Crippen LogP contribution in [0.15, 0.2) is 24.3 Å². The van der Waals surface area contributed by atoms with Gasteiger partial charge in [0.15, 0.2) is 0 Å². The van der Waals surface area contributed by atoms with E-state index < -0.39 is 10.0 Å². The third-order valence-electron chi connectivity index (χ3n) is 1.80. The summed E-state index contributed by atoms with van der Waals surface area (Å²) in [5.41, 5.74) is 0.881. The lowest BCUT2D eigenvalue weighted by atomic mass is 10.1. The van der Waals surface area contributed by atoms with Gasteiger partial charge in [0.2, 0.25) is 10.0 Å². The van der Waals surface area contributed by atoms with E-state index in [9.17, 15) is 8.42 Å². The minimum atomic E-state index is -3.44. The Balaban J connectivity index is 2.93. The summed E-state index contributed by atoms with van der Waals surface area (Å²) in [4.78, 5) is 2.32. The third-order valence-corrected chi connectivity index (χ3v) is 3.14. The van der Waals surface area contributed by atoms with Crippen LogP contribution < -0.4 is 4.83 Å². The van der Waals surface area contributed by atoms with Crippen molar-refractivity contribution >= 4 is 10.0 Å². The highest BCUT2D eigenvalue weighted by molar-refractivity contribution is 7.88. The van der Waals surface area contributed by atoms with Gasteiger partial charge in [-0.25, -0.2) is 13.4 Å². The summed E-state index contributed by atoms with van der Waals surface area (Å²) in [5.74, 6) is -0.199. The first-order chi connectivity index (χ1) is 7.44. The maximum Gasteiger partial charge on any atom is 0.228 e. The standard InChI is InChI=1S/C10H13N3O2S/c1-13(2)12-16(14,15)8-10-6-4-3-5-9(10)7-11/h3-6,12H,8H2,1-2H3. The van der Waals surface area contributed by atoms with Gasteiger partial charge in [0.25, 0.3) is 0 Å². The third kappa shape index (κ3) is 3.62. The number of nitriles is 1. The van der Waals surface area contributed by atoms with Gasteiger partial charge in [-0.15, -0.1) is 4.83 Å². The Kier molecular flexibility index (Phi) is 4.01. The SMILES string of the molecule is CN(C)NS(=O)(=O)Cc1ccccc1C#N. The molecule has 16 heavy (non-hydrogen) atoms.